The molecule has 1 atom stereocenters. The molecule has 1 amide bonds. The highest BCUT2D eigenvalue weighted by Crippen LogP contribution is 2.02. The lowest BCUT2D eigenvalue weighted by molar-refractivity contribution is -0.145. The van der Waals surface area contributed by atoms with Crippen LogP contribution in [-0.2, 0) is 9.59 Å². The summed E-state index contributed by atoms with van der Waals surface area (Å²) in [6, 6.07) is -0.594. The topological polar surface area (TPSA) is 83.6 Å². The summed E-state index contributed by atoms with van der Waals surface area (Å²) < 4.78 is 0. The van der Waals surface area contributed by atoms with Gasteiger partial charge in [0.15, 0.2) is 0 Å². The molecule has 0 fully saturated rings. The van der Waals surface area contributed by atoms with E-state index in [1.165, 1.54) is 4.90 Å². The van der Waals surface area contributed by atoms with E-state index in [0.717, 1.165) is 0 Å². The van der Waals surface area contributed by atoms with Crippen LogP contribution in [0.25, 0.3) is 0 Å². The SMILES string of the molecule is CC[C@@H](N)C(=O)N(CC(=O)O)CC(C)C. The predicted octanol–water partition coefficient (Wildman–Crippen LogP) is 0.293. The summed E-state index contributed by atoms with van der Waals surface area (Å²) in [5.41, 5.74) is 5.58. The quantitative estimate of drug-likeness (QED) is 0.668. The fourth-order valence-corrected chi connectivity index (χ4v) is 1.25. The summed E-state index contributed by atoms with van der Waals surface area (Å²) in [6.07, 6.45) is 0.521. The molecule has 0 bridgehead atoms. The molecule has 0 saturated carbocycles. The van der Waals surface area contributed by atoms with Gasteiger partial charge in [0.1, 0.15) is 6.54 Å². The number of hydrogen-bond donors (Lipinski definition) is 2. The zero-order chi connectivity index (χ0) is 12.0. The number of aliphatic carboxylic acids is 1. The Morgan fingerprint density at radius 1 is 1.40 bits per heavy atom. The fourth-order valence-electron chi connectivity index (χ4n) is 1.25. The molecule has 5 nitrogen and oxygen atoms in total. The maximum Gasteiger partial charge on any atom is 0.323 e. The molecule has 0 spiro atoms. The van der Waals surface area contributed by atoms with Crippen LogP contribution in [0.1, 0.15) is 27.2 Å². The molecule has 3 N–H and O–H groups in total. The van der Waals surface area contributed by atoms with Crippen molar-refractivity contribution >= 4 is 11.9 Å². The van der Waals surface area contributed by atoms with E-state index >= 15 is 0 Å². The lowest BCUT2D eigenvalue weighted by Gasteiger charge is -2.25. The maximum absolute atomic E-state index is 11.7. The van der Waals surface area contributed by atoms with Crippen molar-refractivity contribution in [1.29, 1.82) is 0 Å². The van der Waals surface area contributed by atoms with Crippen molar-refractivity contribution in [2.45, 2.75) is 33.2 Å². The first-order valence-electron chi connectivity index (χ1n) is 5.14. The Labute approximate surface area is 90.2 Å². The van der Waals surface area contributed by atoms with E-state index in [9.17, 15) is 9.59 Å². The Hall–Kier alpha value is -1.10. The van der Waals surface area contributed by atoms with E-state index in [0.29, 0.717) is 13.0 Å². The summed E-state index contributed by atoms with van der Waals surface area (Å²) in [5, 5.41) is 8.67. The van der Waals surface area contributed by atoms with Gasteiger partial charge in [-0.3, -0.25) is 9.59 Å². The minimum atomic E-state index is -1.01. The number of amides is 1. The molecule has 0 radical (unpaired) electrons. The van der Waals surface area contributed by atoms with E-state index in [4.69, 9.17) is 10.8 Å². The van der Waals surface area contributed by atoms with Crippen molar-refractivity contribution in [2.75, 3.05) is 13.1 Å². The Kier molecular flexibility index (Phi) is 5.93. The number of carbonyl (C=O) groups is 2. The molecular formula is C10H20N2O3. The molecule has 5 heteroatoms. The summed E-state index contributed by atoms with van der Waals surface area (Å²) in [7, 11) is 0. The average Bonchev–Trinajstić information content (AvgIpc) is 2.13. The van der Waals surface area contributed by atoms with Crippen LogP contribution in [0.5, 0.6) is 0 Å². The third kappa shape index (κ3) is 5.37. The van der Waals surface area contributed by atoms with Crippen molar-refractivity contribution in [1.82, 2.24) is 4.90 Å². The van der Waals surface area contributed by atoms with Gasteiger partial charge in [0.25, 0.3) is 0 Å². The van der Waals surface area contributed by atoms with E-state index in [2.05, 4.69) is 0 Å². The number of rotatable bonds is 6. The Balaban J connectivity index is 4.47. The molecule has 0 heterocycles. The first kappa shape index (κ1) is 13.9. The van der Waals surface area contributed by atoms with Gasteiger partial charge in [-0.25, -0.2) is 0 Å². The van der Waals surface area contributed by atoms with Crippen LogP contribution in [0, 0.1) is 5.92 Å². The van der Waals surface area contributed by atoms with Gasteiger partial charge < -0.3 is 15.7 Å². The molecule has 0 aromatic carbocycles. The zero-order valence-corrected chi connectivity index (χ0v) is 9.56. The van der Waals surface area contributed by atoms with Crippen LogP contribution in [0.4, 0.5) is 0 Å². The van der Waals surface area contributed by atoms with Crippen LogP contribution in [0.2, 0.25) is 0 Å². The third-order valence-electron chi connectivity index (χ3n) is 1.98. The number of nitrogens with zero attached hydrogens (tertiary/aromatic N) is 1. The molecule has 0 rings (SSSR count). The third-order valence-corrected chi connectivity index (χ3v) is 1.98. The Morgan fingerprint density at radius 3 is 2.27 bits per heavy atom. The summed E-state index contributed by atoms with van der Waals surface area (Å²) >= 11 is 0. The highest BCUT2D eigenvalue weighted by Gasteiger charge is 2.22. The Bertz CT molecular complexity index is 229. The second-order valence-electron chi connectivity index (χ2n) is 4.02. The minimum Gasteiger partial charge on any atom is -0.480 e. The number of hydrogen-bond acceptors (Lipinski definition) is 3. The number of carbonyl (C=O) groups excluding carboxylic acids is 1. The smallest absolute Gasteiger partial charge is 0.323 e. The molecule has 0 saturated heterocycles. The van der Waals surface area contributed by atoms with Gasteiger partial charge in [-0.05, 0) is 12.3 Å². The van der Waals surface area contributed by atoms with Gasteiger partial charge in [0.2, 0.25) is 5.91 Å². The molecular weight excluding hydrogens is 196 g/mol. The second kappa shape index (κ2) is 6.40. The average molecular weight is 216 g/mol. The van der Waals surface area contributed by atoms with Crippen molar-refractivity contribution in [3.05, 3.63) is 0 Å². The van der Waals surface area contributed by atoms with Crippen LogP contribution >= 0.6 is 0 Å². The summed E-state index contributed by atoms with van der Waals surface area (Å²) in [4.78, 5) is 23.6. The van der Waals surface area contributed by atoms with Crippen LogP contribution in [-0.4, -0.2) is 41.0 Å². The molecule has 15 heavy (non-hydrogen) atoms. The predicted molar refractivity (Wildman–Crippen MR) is 57.3 cm³/mol. The van der Waals surface area contributed by atoms with E-state index in [1.54, 1.807) is 6.92 Å². The van der Waals surface area contributed by atoms with Gasteiger partial charge in [-0.2, -0.15) is 0 Å². The summed E-state index contributed by atoms with van der Waals surface area (Å²) in [5.74, 6) is -1.06. The molecule has 88 valence electrons. The van der Waals surface area contributed by atoms with Crippen LogP contribution < -0.4 is 5.73 Å². The van der Waals surface area contributed by atoms with E-state index < -0.39 is 12.0 Å². The molecule has 0 unspecified atom stereocenters. The van der Waals surface area contributed by atoms with Crippen LogP contribution in [0.3, 0.4) is 0 Å². The molecule has 0 aliphatic carbocycles. The normalized spacial score (nSPS) is 12.6. The molecule has 0 aromatic rings. The lowest BCUT2D eigenvalue weighted by atomic mass is 10.1. The highest BCUT2D eigenvalue weighted by molar-refractivity contribution is 5.85. The molecule has 0 aromatic heterocycles. The van der Waals surface area contributed by atoms with E-state index in [-0.39, 0.29) is 18.4 Å². The number of carboxylic acids is 1. The van der Waals surface area contributed by atoms with Crippen LogP contribution in [0.15, 0.2) is 0 Å². The molecule has 0 aliphatic rings. The fraction of sp³-hybridized carbons (Fsp3) is 0.800. The first-order chi connectivity index (χ1) is 6.88. The molecule has 0 aliphatic heterocycles. The maximum atomic E-state index is 11.7. The number of nitrogens with two attached hydrogens (primary N) is 1. The summed E-state index contributed by atoms with van der Waals surface area (Å²) in [6.45, 7) is 5.82. The van der Waals surface area contributed by atoms with Gasteiger partial charge in [-0.15, -0.1) is 0 Å². The van der Waals surface area contributed by atoms with Gasteiger partial charge in [0, 0.05) is 6.54 Å². The Morgan fingerprint density at radius 2 is 1.93 bits per heavy atom. The van der Waals surface area contributed by atoms with Crippen molar-refractivity contribution in [3.63, 3.8) is 0 Å². The van der Waals surface area contributed by atoms with Crippen molar-refractivity contribution in [3.8, 4) is 0 Å². The largest absolute Gasteiger partial charge is 0.480 e. The standard InChI is InChI=1S/C10H20N2O3/c1-4-8(11)10(15)12(5-7(2)3)6-9(13)14/h7-8H,4-6,11H2,1-3H3,(H,13,14)/t8-/m1/s1. The zero-order valence-electron chi connectivity index (χ0n) is 9.56. The van der Waals surface area contributed by atoms with Gasteiger partial charge >= 0.3 is 5.97 Å². The highest BCUT2D eigenvalue weighted by atomic mass is 16.4. The van der Waals surface area contributed by atoms with Gasteiger partial charge in [-0.1, -0.05) is 20.8 Å². The monoisotopic (exact) mass is 216 g/mol. The van der Waals surface area contributed by atoms with E-state index in [1.807, 2.05) is 13.8 Å². The van der Waals surface area contributed by atoms with Crippen molar-refractivity contribution in [2.24, 2.45) is 11.7 Å². The minimum absolute atomic E-state index is 0.234. The number of carboxylic acid groups (broad SMARTS) is 1. The lowest BCUT2D eigenvalue weighted by Crippen LogP contribution is -2.46. The van der Waals surface area contributed by atoms with Gasteiger partial charge in [0.05, 0.1) is 6.04 Å². The first-order valence-corrected chi connectivity index (χ1v) is 5.14. The second-order valence-corrected chi connectivity index (χ2v) is 4.02. The van der Waals surface area contributed by atoms with Crippen molar-refractivity contribution < 1.29 is 14.7 Å².